The minimum atomic E-state index is 0.224. The lowest BCUT2D eigenvalue weighted by atomic mass is 9.59. The van der Waals surface area contributed by atoms with Gasteiger partial charge in [0, 0.05) is 25.0 Å². The topological polar surface area (TPSA) is 55.6 Å². The molecule has 5 atom stereocenters. The van der Waals surface area contributed by atoms with Crippen LogP contribution in [0.25, 0.3) is 0 Å². The predicted octanol–water partition coefficient (Wildman–Crippen LogP) is 1.78. The van der Waals surface area contributed by atoms with Gasteiger partial charge in [0.2, 0.25) is 5.91 Å². The fourth-order valence-electron chi connectivity index (χ4n) is 5.87. The second kappa shape index (κ2) is 5.24. The number of carbonyl (C=O) groups excluding carboxylic acids is 1. The molecule has 3 saturated carbocycles. The van der Waals surface area contributed by atoms with E-state index >= 15 is 0 Å². The highest BCUT2D eigenvalue weighted by Crippen LogP contribution is 2.61. The predicted molar refractivity (Wildman–Crippen MR) is 80.6 cm³/mol. The highest BCUT2D eigenvalue weighted by atomic mass is 16.5. The SMILES string of the molecule is N[C@H]1[C@H]2CC[C@H](C2)[C@@]12CCC[C@H](C(=O)N1CCOCC1)C2. The standard InChI is InChI=1S/C17H28N2O2/c18-15-12-3-4-14(10-12)17(15)5-1-2-13(11-17)16(20)19-6-8-21-9-7-19/h12-15H,1-11,18H2/t12-,13-,14+,15-,17-/m0/s1. The molecule has 0 radical (unpaired) electrons. The molecule has 118 valence electrons. The number of hydrogen-bond donors (Lipinski definition) is 1. The van der Waals surface area contributed by atoms with Crippen molar-refractivity contribution in [1.29, 1.82) is 0 Å². The van der Waals surface area contributed by atoms with E-state index in [4.69, 9.17) is 10.5 Å². The minimum Gasteiger partial charge on any atom is -0.378 e. The molecule has 4 rings (SSSR count). The van der Waals surface area contributed by atoms with Gasteiger partial charge in [-0.2, -0.15) is 0 Å². The van der Waals surface area contributed by atoms with Crippen LogP contribution in [0.5, 0.6) is 0 Å². The number of morpholine rings is 1. The van der Waals surface area contributed by atoms with Crippen molar-refractivity contribution in [2.75, 3.05) is 26.3 Å². The zero-order chi connectivity index (χ0) is 14.4. The average Bonchev–Trinajstić information content (AvgIpc) is 3.11. The summed E-state index contributed by atoms with van der Waals surface area (Å²) in [6.07, 6.45) is 8.61. The molecule has 4 aliphatic rings. The van der Waals surface area contributed by atoms with Crippen molar-refractivity contribution in [3.05, 3.63) is 0 Å². The van der Waals surface area contributed by atoms with E-state index in [-0.39, 0.29) is 5.92 Å². The van der Waals surface area contributed by atoms with Crippen LogP contribution in [-0.2, 0) is 9.53 Å². The summed E-state index contributed by atoms with van der Waals surface area (Å²) < 4.78 is 5.37. The summed E-state index contributed by atoms with van der Waals surface area (Å²) >= 11 is 0. The molecular formula is C17H28N2O2. The van der Waals surface area contributed by atoms with E-state index in [0.29, 0.717) is 30.6 Å². The van der Waals surface area contributed by atoms with E-state index in [1.54, 1.807) is 0 Å². The summed E-state index contributed by atoms with van der Waals surface area (Å²) in [5.74, 6) is 2.15. The zero-order valence-corrected chi connectivity index (χ0v) is 12.9. The van der Waals surface area contributed by atoms with Gasteiger partial charge >= 0.3 is 0 Å². The molecule has 0 aromatic heterocycles. The Morgan fingerprint density at radius 2 is 2.00 bits per heavy atom. The van der Waals surface area contributed by atoms with Gasteiger partial charge in [-0.05, 0) is 55.8 Å². The summed E-state index contributed by atoms with van der Waals surface area (Å²) in [6, 6.07) is 0.358. The van der Waals surface area contributed by atoms with Crippen LogP contribution in [0.1, 0.15) is 44.9 Å². The molecule has 0 aromatic carbocycles. The van der Waals surface area contributed by atoms with Gasteiger partial charge in [-0.3, -0.25) is 4.79 Å². The third-order valence-corrected chi connectivity index (χ3v) is 6.95. The third kappa shape index (κ3) is 2.14. The fraction of sp³-hybridized carbons (Fsp3) is 0.941. The van der Waals surface area contributed by atoms with Gasteiger partial charge in [0.15, 0.2) is 0 Å². The summed E-state index contributed by atoms with van der Waals surface area (Å²) in [5, 5.41) is 0. The van der Waals surface area contributed by atoms with Gasteiger partial charge in [-0.1, -0.05) is 6.42 Å². The zero-order valence-electron chi connectivity index (χ0n) is 12.9. The van der Waals surface area contributed by atoms with Crippen LogP contribution in [0.2, 0.25) is 0 Å². The first-order valence-corrected chi connectivity index (χ1v) is 8.83. The molecule has 0 unspecified atom stereocenters. The number of nitrogens with zero attached hydrogens (tertiary/aromatic N) is 1. The molecular weight excluding hydrogens is 264 g/mol. The summed E-state index contributed by atoms with van der Waals surface area (Å²) in [5.41, 5.74) is 6.92. The number of fused-ring (bicyclic) bond motifs is 3. The highest BCUT2D eigenvalue weighted by molar-refractivity contribution is 5.79. The first-order valence-electron chi connectivity index (χ1n) is 8.83. The van der Waals surface area contributed by atoms with E-state index < -0.39 is 0 Å². The Labute approximate surface area is 127 Å². The van der Waals surface area contributed by atoms with Crippen molar-refractivity contribution in [1.82, 2.24) is 4.90 Å². The van der Waals surface area contributed by atoms with Crippen molar-refractivity contribution in [2.24, 2.45) is 28.9 Å². The van der Waals surface area contributed by atoms with E-state index in [1.165, 1.54) is 32.1 Å². The van der Waals surface area contributed by atoms with Crippen LogP contribution < -0.4 is 5.73 Å². The summed E-state index contributed by atoms with van der Waals surface area (Å²) in [7, 11) is 0. The fourth-order valence-corrected chi connectivity index (χ4v) is 5.87. The van der Waals surface area contributed by atoms with Crippen LogP contribution in [0.4, 0.5) is 0 Å². The number of ether oxygens (including phenoxy) is 1. The molecule has 2 bridgehead atoms. The monoisotopic (exact) mass is 292 g/mol. The lowest BCUT2D eigenvalue weighted by Crippen LogP contribution is -2.52. The summed E-state index contributed by atoms with van der Waals surface area (Å²) in [6.45, 7) is 2.96. The highest BCUT2D eigenvalue weighted by Gasteiger charge is 2.58. The lowest BCUT2D eigenvalue weighted by molar-refractivity contribution is -0.143. The molecule has 4 nitrogen and oxygen atoms in total. The number of amides is 1. The maximum Gasteiger partial charge on any atom is 0.225 e. The molecule has 2 N–H and O–H groups in total. The van der Waals surface area contributed by atoms with Crippen LogP contribution in [0.15, 0.2) is 0 Å². The van der Waals surface area contributed by atoms with E-state index in [2.05, 4.69) is 0 Å². The quantitative estimate of drug-likeness (QED) is 0.801. The number of rotatable bonds is 1. The van der Waals surface area contributed by atoms with Crippen molar-refractivity contribution in [3.63, 3.8) is 0 Å². The first kappa shape index (κ1) is 14.0. The van der Waals surface area contributed by atoms with Gasteiger partial charge < -0.3 is 15.4 Å². The van der Waals surface area contributed by atoms with Gasteiger partial charge in [-0.15, -0.1) is 0 Å². The maximum atomic E-state index is 12.8. The van der Waals surface area contributed by atoms with E-state index in [9.17, 15) is 4.79 Å². The molecule has 3 aliphatic carbocycles. The molecule has 1 heterocycles. The van der Waals surface area contributed by atoms with Crippen molar-refractivity contribution in [3.8, 4) is 0 Å². The lowest BCUT2D eigenvalue weighted by Gasteiger charge is -2.48. The molecule has 1 spiro atoms. The molecule has 4 fully saturated rings. The second-order valence-corrected chi connectivity index (χ2v) is 7.76. The van der Waals surface area contributed by atoms with Crippen LogP contribution in [0, 0.1) is 23.2 Å². The van der Waals surface area contributed by atoms with Crippen molar-refractivity contribution < 1.29 is 9.53 Å². The Morgan fingerprint density at radius 1 is 1.19 bits per heavy atom. The Balaban J connectivity index is 1.49. The van der Waals surface area contributed by atoms with Crippen LogP contribution in [-0.4, -0.2) is 43.2 Å². The van der Waals surface area contributed by atoms with Gasteiger partial charge in [0.1, 0.15) is 0 Å². The minimum absolute atomic E-state index is 0.224. The maximum absolute atomic E-state index is 12.8. The number of nitrogens with two attached hydrogens (primary N) is 1. The van der Waals surface area contributed by atoms with Crippen molar-refractivity contribution in [2.45, 2.75) is 51.0 Å². The Morgan fingerprint density at radius 3 is 2.71 bits per heavy atom. The largest absolute Gasteiger partial charge is 0.378 e. The summed E-state index contributed by atoms with van der Waals surface area (Å²) in [4.78, 5) is 14.9. The smallest absolute Gasteiger partial charge is 0.225 e. The van der Waals surface area contributed by atoms with Gasteiger partial charge in [0.25, 0.3) is 0 Å². The normalized spacial score (nSPS) is 46.2. The first-order chi connectivity index (χ1) is 10.2. The van der Waals surface area contributed by atoms with Crippen LogP contribution in [0.3, 0.4) is 0 Å². The van der Waals surface area contributed by atoms with E-state index in [1.807, 2.05) is 4.90 Å². The average molecular weight is 292 g/mol. The Kier molecular flexibility index (Phi) is 3.49. The molecule has 1 amide bonds. The van der Waals surface area contributed by atoms with Crippen molar-refractivity contribution >= 4 is 5.91 Å². The van der Waals surface area contributed by atoms with Gasteiger partial charge in [0.05, 0.1) is 13.2 Å². The third-order valence-electron chi connectivity index (χ3n) is 6.95. The number of hydrogen-bond acceptors (Lipinski definition) is 3. The molecule has 0 aromatic rings. The molecule has 1 aliphatic heterocycles. The van der Waals surface area contributed by atoms with E-state index in [0.717, 1.165) is 37.8 Å². The Hall–Kier alpha value is -0.610. The molecule has 1 saturated heterocycles. The van der Waals surface area contributed by atoms with Crippen LogP contribution >= 0.6 is 0 Å². The second-order valence-electron chi connectivity index (χ2n) is 7.76. The Bertz CT molecular complexity index is 417. The number of carbonyl (C=O) groups is 1. The molecule has 4 heteroatoms. The van der Waals surface area contributed by atoms with Gasteiger partial charge in [-0.25, -0.2) is 0 Å². The molecule has 21 heavy (non-hydrogen) atoms.